The minimum atomic E-state index is -5.44. The average molecular weight is 292 g/mol. The van der Waals surface area contributed by atoms with Crippen LogP contribution in [-0.4, -0.2) is 50.8 Å². The highest BCUT2D eigenvalue weighted by molar-refractivity contribution is 7.88. The molecule has 1 saturated heterocycles. The predicted molar refractivity (Wildman–Crippen MR) is 56.4 cm³/mol. The summed E-state index contributed by atoms with van der Waals surface area (Å²) in [5.41, 5.74) is 0. The van der Waals surface area contributed by atoms with E-state index in [0.29, 0.717) is 0 Å². The number of ketones is 1. The number of hydrogen-bond acceptors (Lipinski definition) is 7. The quantitative estimate of drug-likeness (QED) is 0.293. The summed E-state index contributed by atoms with van der Waals surface area (Å²) in [6.07, 6.45) is -2.20. The van der Waals surface area contributed by atoms with E-state index in [4.69, 9.17) is 0 Å². The highest BCUT2D eigenvalue weighted by Crippen LogP contribution is 2.38. The molecule has 0 radical (unpaired) electrons. The van der Waals surface area contributed by atoms with Gasteiger partial charge in [0.25, 0.3) is 5.91 Å². The van der Waals surface area contributed by atoms with Crippen molar-refractivity contribution in [1.82, 2.24) is 9.88 Å². The molecule has 1 fully saturated rings. The Bertz CT molecular complexity index is 657. The molecule has 1 aliphatic heterocycles. The first-order chi connectivity index (χ1) is 8.64. The van der Waals surface area contributed by atoms with E-state index in [1.54, 1.807) is 5.32 Å². The van der Waals surface area contributed by atoms with Crippen molar-refractivity contribution in [3.05, 3.63) is 12.1 Å². The van der Waals surface area contributed by atoms with Crippen molar-refractivity contribution in [3.63, 3.8) is 0 Å². The van der Waals surface area contributed by atoms with Gasteiger partial charge in [-0.1, -0.05) is 0 Å². The van der Waals surface area contributed by atoms with Crippen molar-refractivity contribution in [2.24, 2.45) is 0 Å². The molecular formula is C8H8N2O8S. The van der Waals surface area contributed by atoms with Gasteiger partial charge in [-0.25, -0.2) is 4.57 Å². The molecule has 0 saturated carbocycles. The maximum Gasteiger partial charge on any atom is 0.318 e. The normalized spacial score (nSPS) is 27.6. The fraction of sp³-hybridized carbons (Fsp3) is 0.250. The van der Waals surface area contributed by atoms with E-state index >= 15 is 0 Å². The minimum absolute atomic E-state index is 0.0101. The van der Waals surface area contributed by atoms with Gasteiger partial charge in [0.1, 0.15) is 0 Å². The van der Waals surface area contributed by atoms with Gasteiger partial charge in [-0.2, -0.15) is 8.42 Å². The van der Waals surface area contributed by atoms with Crippen molar-refractivity contribution < 1.29 is 37.9 Å². The van der Waals surface area contributed by atoms with Crippen LogP contribution in [0, 0.1) is 0 Å². The molecule has 0 spiro atoms. The first-order valence-corrected chi connectivity index (χ1v) is 6.18. The van der Waals surface area contributed by atoms with E-state index in [1.165, 1.54) is 0 Å². The summed E-state index contributed by atoms with van der Waals surface area (Å²) >= 11 is 0. The van der Waals surface area contributed by atoms with Gasteiger partial charge in [-0.3, -0.25) is 14.1 Å². The van der Waals surface area contributed by atoms with Crippen LogP contribution in [0.1, 0.15) is 0 Å². The molecule has 0 aliphatic carbocycles. The van der Waals surface area contributed by atoms with Gasteiger partial charge in [-0.15, -0.1) is 0 Å². The van der Waals surface area contributed by atoms with Crippen LogP contribution < -0.4 is 5.32 Å². The first-order valence-electron chi connectivity index (χ1n) is 4.74. The van der Waals surface area contributed by atoms with Gasteiger partial charge in [0, 0.05) is 12.1 Å². The molecule has 0 bridgehead atoms. The lowest BCUT2D eigenvalue weighted by Crippen LogP contribution is -2.52. The third-order valence-corrected chi connectivity index (χ3v) is 4.00. The number of rotatable bonds is 2. The first kappa shape index (κ1) is 13.3. The van der Waals surface area contributed by atoms with Crippen LogP contribution in [0.4, 0.5) is 0 Å². The Labute approximate surface area is 105 Å². The second-order valence-corrected chi connectivity index (χ2v) is 5.29. The average Bonchev–Trinajstić information content (AvgIpc) is 2.69. The van der Waals surface area contributed by atoms with Crippen molar-refractivity contribution in [1.29, 1.82) is 0 Å². The molecule has 104 valence electrons. The van der Waals surface area contributed by atoms with E-state index < -0.39 is 44.7 Å². The molecule has 2 heterocycles. The van der Waals surface area contributed by atoms with Crippen LogP contribution in [-0.2, 0) is 24.6 Å². The summed E-state index contributed by atoms with van der Waals surface area (Å²) in [6, 6.07) is 1.60. The Kier molecular flexibility index (Phi) is 2.59. The molecule has 2 rings (SSSR count). The van der Waals surface area contributed by atoms with Gasteiger partial charge < -0.3 is 20.6 Å². The third kappa shape index (κ3) is 1.46. The van der Waals surface area contributed by atoms with Crippen LogP contribution in [0.5, 0.6) is 11.8 Å². The Morgan fingerprint density at radius 2 is 1.68 bits per heavy atom. The standard InChI is InChI=1S/C8H8N2O8S/c11-3-1-2-4(12)10(3)8(19(16,17)18)5(13)6(14)9-7(8)15/h1-2,6,11-12,14H,(H,9,15)(H,16,17,18). The summed E-state index contributed by atoms with van der Waals surface area (Å²) in [4.78, 5) is 20.1. The number of amides is 1. The van der Waals surface area contributed by atoms with E-state index in [9.17, 15) is 37.9 Å². The molecule has 10 nitrogen and oxygen atoms in total. The molecule has 1 amide bonds. The van der Waals surface area contributed by atoms with Gasteiger partial charge in [0.05, 0.1) is 0 Å². The summed E-state index contributed by atoms with van der Waals surface area (Å²) in [7, 11) is -5.44. The van der Waals surface area contributed by atoms with Crippen LogP contribution >= 0.6 is 0 Å². The lowest BCUT2D eigenvalue weighted by Gasteiger charge is -2.24. The smallest absolute Gasteiger partial charge is 0.318 e. The number of aliphatic hydroxyl groups is 1. The Hall–Kier alpha value is -2.11. The molecule has 11 heteroatoms. The molecule has 1 aromatic heterocycles. The zero-order valence-electron chi connectivity index (χ0n) is 9.01. The summed E-state index contributed by atoms with van der Waals surface area (Å²) in [5, 5.41) is 29.7. The van der Waals surface area contributed by atoms with E-state index in [0.717, 1.165) is 12.1 Å². The highest BCUT2D eigenvalue weighted by Gasteiger charge is 2.67. The number of aromatic hydroxyl groups is 2. The monoisotopic (exact) mass is 292 g/mol. The van der Waals surface area contributed by atoms with Crippen molar-refractivity contribution in [2.75, 3.05) is 0 Å². The molecule has 1 aromatic rings. The van der Waals surface area contributed by atoms with E-state index in [2.05, 4.69) is 0 Å². The lowest BCUT2D eigenvalue weighted by atomic mass is 10.2. The summed E-state index contributed by atoms with van der Waals surface area (Å²) in [6.45, 7) is 0. The fourth-order valence-electron chi connectivity index (χ4n) is 1.89. The molecule has 19 heavy (non-hydrogen) atoms. The maximum atomic E-state index is 11.8. The Balaban J connectivity index is 2.90. The Morgan fingerprint density at radius 3 is 2.00 bits per heavy atom. The van der Waals surface area contributed by atoms with Crippen LogP contribution in [0.25, 0.3) is 0 Å². The molecular weight excluding hydrogens is 284 g/mol. The number of nitrogens with zero attached hydrogens (tertiary/aromatic N) is 1. The summed E-state index contributed by atoms with van der Waals surface area (Å²) < 4.78 is 32.1. The topological polar surface area (TPSA) is 166 Å². The van der Waals surface area contributed by atoms with Crippen molar-refractivity contribution >= 4 is 21.8 Å². The lowest BCUT2D eigenvalue weighted by molar-refractivity contribution is -0.131. The SMILES string of the molecule is O=C1NC(O)C(=O)C1(n1c(O)ccc1O)S(=O)(=O)O. The zero-order chi connectivity index (χ0) is 14.6. The number of nitrogens with one attached hydrogen (secondary N) is 1. The predicted octanol–water partition coefficient (Wildman–Crippen LogP) is -2.54. The van der Waals surface area contributed by atoms with Crippen molar-refractivity contribution in [2.45, 2.75) is 11.1 Å². The van der Waals surface area contributed by atoms with Gasteiger partial charge in [0.2, 0.25) is 5.78 Å². The third-order valence-electron chi connectivity index (χ3n) is 2.69. The van der Waals surface area contributed by atoms with E-state index in [-0.39, 0.29) is 4.57 Å². The fourth-order valence-corrected chi connectivity index (χ4v) is 2.97. The van der Waals surface area contributed by atoms with Gasteiger partial charge >= 0.3 is 15.0 Å². The number of Topliss-reactive ketones (excluding diaryl/α,β-unsaturated/α-hetero) is 1. The minimum Gasteiger partial charge on any atom is -0.494 e. The number of aliphatic hydroxyl groups excluding tert-OH is 1. The second-order valence-electron chi connectivity index (χ2n) is 3.74. The largest absolute Gasteiger partial charge is 0.494 e. The summed E-state index contributed by atoms with van der Waals surface area (Å²) in [5.74, 6) is -5.18. The van der Waals surface area contributed by atoms with Gasteiger partial charge in [-0.05, 0) is 0 Å². The Morgan fingerprint density at radius 1 is 1.21 bits per heavy atom. The molecule has 1 aliphatic rings. The second kappa shape index (κ2) is 3.69. The molecule has 5 N–H and O–H groups in total. The van der Waals surface area contributed by atoms with Crippen LogP contribution in [0.15, 0.2) is 12.1 Å². The number of aromatic nitrogens is 1. The van der Waals surface area contributed by atoms with Crippen LogP contribution in [0.2, 0.25) is 0 Å². The van der Waals surface area contributed by atoms with E-state index in [1.807, 2.05) is 0 Å². The number of carbonyl (C=O) groups is 2. The molecule has 2 atom stereocenters. The van der Waals surface area contributed by atoms with Gasteiger partial charge in [0.15, 0.2) is 18.0 Å². The zero-order valence-corrected chi connectivity index (χ0v) is 9.83. The maximum absolute atomic E-state index is 11.8. The molecule has 0 aromatic carbocycles. The highest BCUT2D eigenvalue weighted by atomic mass is 32.2. The van der Waals surface area contributed by atoms with Crippen molar-refractivity contribution in [3.8, 4) is 11.8 Å². The molecule has 2 unspecified atom stereocenters. The number of hydrogen-bond donors (Lipinski definition) is 5. The van der Waals surface area contributed by atoms with Crippen LogP contribution in [0.3, 0.4) is 0 Å². The number of carbonyl (C=O) groups excluding carboxylic acids is 2.